The number of thioether (sulfide) groups is 2. The number of aromatic nitrogens is 3. The van der Waals surface area contributed by atoms with E-state index < -0.39 is 0 Å². The number of nitrogens with zero attached hydrogens (tertiary/aromatic N) is 3. The molecular formula is C21H24N4O2S2. The predicted molar refractivity (Wildman–Crippen MR) is 119 cm³/mol. The Bertz CT molecular complexity index is 888. The molecule has 2 aliphatic rings. The van der Waals surface area contributed by atoms with E-state index in [0.717, 1.165) is 27.8 Å². The van der Waals surface area contributed by atoms with Gasteiger partial charge < -0.3 is 4.74 Å². The monoisotopic (exact) mass is 428 g/mol. The van der Waals surface area contributed by atoms with E-state index in [1.165, 1.54) is 55.6 Å². The number of ether oxygens (including phenoxy) is 1. The summed E-state index contributed by atoms with van der Waals surface area (Å²) in [4.78, 5) is 16.6. The van der Waals surface area contributed by atoms with Crippen LogP contribution >= 0.6 is 23.5 Å². The lowest BCUT2D eigenvalue weighted by Crippen LogP contribution is -2.16. The number of hydrogen-bond acceptors (Lipinski definition) is 6. The van der Waals surface area contributed by atoms with Crippen LogP contribution in [0.1, 0.15) is 55.9 Å². The van der Waals surface area contributed by atoms with Gasteiger partial charge in [0.25, 0.3) is 5.91 Å². The fraction of sp³-hybridized carbons (Fsp3) is 0.429. The highest BCUT2D eigenvalue weighted by molar-refractivity contribution is 8.40. The number of rotatable bonds is 6. The highest BCUT2D eigenvalue weighted by atomic mass is 32.2. The Hall–Kier alpha value is -2.06. The van der Waals surface area contributed by atoms with Crippen molar-refractivity contribution in [2.24, 2.45) is 10.9 Å². The molecule has 2 aromatic rings. The molecule has 1 N–H and O–H groups in total. The van der Waals surface area contributed by atoms with Crippen LogP contribution in [0.25, 0.3) is 6.08 Å². The molecule has 0 saturated heterocycles. The third kappa shape index (κ3) is 5.30. The van der Waals surface area contributed by atoms with Gasteiger partial charge in [-0.05, 0) is 42.4 Å². The number of nitrogens with one attached hydrogen (secondary N) is 1. The molecule has 1 unspecified atom stereocenters. The molecule has 0 bridgehead atoms. The molecule has 1 aromatic heterocycles. The summed E-state index contributed by atoms with van der Waals surface area (Å²) >= 11 is 2.91. The Labute approximate surface area is 179 Å². The van der Waals surface area contributed by atoms with Crippen molar-refractivity contribution in [1.82, 2.24) is 15.4 Å². The van der Waals surface area contributed by atoms with Crippen molar-refractivity contribution in [2.75, 3.05) is 6.26 Å². The molecule has 4 rings (SSSR count). The predicted octanol–water partition coefficient (Wildman–Crippen LogP) is 5.23. The van der Waals surface area contributed by atoms with Gasteiger partial charge in [-0.2, -0.15) is 4.99 Å². The second kappa shape index (κ2) is 9.63. The number of H-pyrrole nitrogens is 1. The lowest BCUT2D eigenvalue weighted by molar-refractivity contribution is -0.113. The van der Waals surface area contributed by atoms with Crippen molar-refractivity contribution in [3.8, 4) is 5.75 Å². The Morgan fingerprint density at radius 1 is 1.28 bits per heavy atom. The van der Waals surface area contributed by atoms with E-state index in [1.807, 2.05) is 42.8 Å². The van der Waals surface area contributed by atoms with Crippen LogP contribution in [-0.4, -0.2) is 31.9 Å². The average Bonchev–Trinajstić information content (AvgIpc) is 3.40. The van der Waals surface area contributed by atoms with Gasteiger partial charge in [-0.15, -0.1) is 16.9 Å². The lowest BCUT2D eigenvalue weighted by atomic mass is 9.85. The van der Waals surface area contributed by atoms with Crippen LogP contribution in [-0.2, 0) is 4.79 Å². The van der Waals surface area contributed by atoms with E-state index in [-0.39, 0.29) is 12.0 Å². The van der Waals surface area contributed by atoms with Gasteiger partial charge >= 0.3 is 0 Å². The zero-order chi connectivity index (χ0) is 20.1. The maximum absolute atomic E-state index is 12.0. The van der Waals surface area contributed by atoms with E-state index >= 15 is 0 Å². The third-order valence-electron chi connectivity index (χ3n) is 5.27. The second-order valence-corrected chi connectivity index (χ2v) is 9.40. The van der Waals surface area contributed by atoms with E-state index in [2.05, 4.69) is 20.4 Å². The number of aromatic amines is 1. The molecule has 0 spiro atoms. The van der Waals surface area contributed by atoms with E-state index in [4.69, 9.17) is 4.74 Å². The molecule has 1 amide bonds. The van der Waals surface area contributed by atoms with Gasteiger partial charge in [0.05, 0.1) is 4.91 Å². The van der Waals surface area contributed by atoms with Crippen molar-refractivity contribution >= 4 is 39.9 Å². The van der Waals surface area contributed by atoms with Gasteiger partial charge in [-0.3, -0.25) is 9.89 Å². The van der Waals surface area contributed by atoms with Gasteiger partial charge in [0.1, 0.15) is 21.9 Å². The molecule has 1 fully saturated rings. The number of benzene rings is 1. The van der Waals surface area contributed by atoms with Crippen LogP contribution in [0.3, 0.4) is 0 Å². The summed E-state index contributed by atoms with van der Waals surface area (Å²) in [5.41, 5.74) is 1.80. The highest BCUT2D eigenvalue weighted by Gasteiger charge is 2.24. The van der Waals surface area contributed by atoms with Crippen molar-refractivity contribution in [2.45, 2.75) is 44.6 Å². The lowest BCUT2D eigenvalue weighted by Gasteiger charge is -2.26. The molecule has 0 radical (unpaired) electrons. The highest BCUT2D eigenvalue weighted by Crippen LogP contribution is 2.35. The average molecular weight is 429 g/mol. The van der Waals surface area contributed by atoms with Crippen LogP contribution in [0.15, 0.2) is 40.4 Å². The quantitative estimate of drug-likeness (QED) is 0.635. The SMILES string of the molecule is CSC1=NC(=O)C(=Cc2ccc(OC(CC3CCCCC3)c3c[nH]nn3)cc2)S1. The van der Waals surface area contributed by atoms with E-state index in [9.17, 15) is 4.79 Å². The van der Waals surface area contributed by atoms with Crippen LogP contribution in [0.4, 0.5) is 0 Å². The second-order valence-electron chi connectivity index (χ2n) is 7.31. The summed E-state index contributed by atoms with van der Waals surface area (Å²) in [6.07, 6.45) is 12.9. The maximum atomic E-state index is 12.0. The van der Waals surface area contributed by atoms with Gasteiger partial charge in [0, 0.05) is 6.20 Å². The number of aliphatic imine (C=N–C) groups is 1. The molecule has 1 aromatic carbocycles. The first-order valence-corrected chi connectivity index (χ1v) is 11.9. The van der Waals surface area contributed by atoms with Crippen LogP contribution in [0.5, 0.6) is 5.75 Å². The summed E-state index contributed by atoms with van der Waals surface area (Å²) in [6.45, 7) is 0. The first-order chi connectivity index (χ1) is 14.2. The minimum absolute atomic E-state index is 0.106. The zero-order valence-electron chi connectivity index (χ0n) is 16.3. The third-order valence-corrected chi connectivity index (χ3v) is 7.24. The normalized spacial score (nSPS) is 20.1. The molecule has 1 aliphatic carbocycles. The first-order valence-electron chi connectivity index (χ1n) is 9.91. The topological polar surface area (TPSA) is 80.2 Å². The fourth-order valence-corrected chi connectivity index (χ4v) is 5.18. The van der Waals surface area contributed by atoms with Crippen LogP contribution in [0, 0.1) is 5.92 Å². The summed E-state index contributed by atoms with van der Waals surface area (Å²) < 4.78 is 7.09. The molecule has 1 aliphatic heterocycles. The summed E-state index contributed by atoms with van der Waals surface area (Å²) in [5, 5.41) is 10.9. The van der Waals surface area contributed by atoms with Crippen molar-refractivity contribution in [3.05, 3.63) is 46.6 Å². The smallest absolute Gasteiger partial charge is 0.285 e. The minimum Gasteiger partial charge on any atom is -0.484 e. The molecule has 1 atom stereocenters. The summed E-state index contributed by atoms with van der Waals surface area (Å²) in [6, 6.07) is 7.82. The summed E-state index contributed by atoms with van der Waals surface area (Å²) in [7, 11) is 0. The molecule has 29 heavy (non-hydrogen) atoms. The van der Waals surface area contributed by atoms with Gasteiger partial charge in [-0.1, -0.05) is 61.2 Å². The molecule has 2 heterocycles. The molecule has 152 valence electrons. The standard InChI is InChI=1S/C21H24N4O2S2/c1-28-21-23-20(26)19(29-21)12-15-7-9-16(10-8-15)27-18(17-13-22-25-24-17)11-14-5-3-2-4-6-14/h7-10,12-14,18H,2-6,11H2,1H3,(H,22,24,25). The van der Waals surface area contributed by atoms with E-state index in [1.54, 1.807) is 0 Å². The van der Waals surface area contributed by atoms with Crippen LogP contribution in [0.2, 0.25) is 0 Å². The van der Waals surface area contributed by atoms with Crippen molar-refractivity contribution in [1.29, 1.82) is 0 Å². The van der Waals surface area contributed by atoms with Gasteiger partial charge in [-0.25, -0.2) is 0 Å². The van der Waals surface area contributed by atoms with Crippen molar-refractivity contribution < 1.29 is 9.53 Å². The maximum Gasteiger partial charge on any atom is 0.285 e. The zero-order valence-corrected chi connectivity index (χ0v) is 18.0. The fourth-order valence-electron chi connectivity index (χ4n) is 3.76. The molecule has 1 saturated carbocycles. The van der Waals surface area contributed by atoms with Gasteiger partial charge in [0.15, 0.2) is 0 Å². The number of hydrogen-bond donors (Lipinski definition) is 1. The molecular weight excluding hydrogens is 404 g/mol. The molecule has 8 heteroatoms. The Kier molecular flexibility index (Phi) is 6.71. The first kappa shape index (κ1) is 20.2. The Balaban J connectivity index is 1.44. The Morgan fingerprint density at radius 3 is 2.72 bits per heavy atom. The number of carbonyl (C=O) groups excluding carboxylic acids is 1. The number of carbonyl (C=O) groups is 1. The summed E-state index contributed by atoms with van der Waals surface area (Å²) in [5.74, 6) is 1.30. The largest absolute Gasteiger partial charge is 0.484 e. The Morgan fingerprint density at radius 2 is 2.07 bits per heavy atom. The van der Waals surface area contributed by atoms with E-state index in [0.29, 0.717) is 10.8 Å². The van der Waals surface area contributed by atoms with Crippen LogP contribution < -0.4 is 4.74 Å². The van der Waals surface area contributed by atoms with Crippen molar-refractivity contribution in [3.63, 3.8) is 0 Å². The van der Waals surface area contributed by atoms with Gasteiger partial charge in [0.2, 0.25) is 0 Å². The number of amides is 1. The molecule has 6 nitrogen and oxygen atoms in total. The minimum atomic E-state index is -0.168.